The minimum absolute atomic E-state index is 0.131. The Morgan fingerprint density at radius 3 is 2.57 bits per heavy atom. The maximum Gasteiger partial charge on any atom is 0.263 e. The van der Waals surface area contributed by atoms with Crippen LogP contribution in [0.4, 0.5) is 13.9 Å². The average molecular weight is 432 g/mol. The van der Waals surface area contributed by atoms with Crippen LogP contribution in [0.3, 0.4) is 0 Å². The largest absolute Gasteiger partial charge is 0.494 e. The molecule has 4 rings (SSSR count). The highest BCUT2D eigenvalue weighted by molar-refractivity contribution is 7.22. The molecule has 2 N–H and O–H groups in total. The van der Waals surface area contributed by atoms with Crippen molar-refractivity contribution < 1.29 is 23.1 Å². The molecule has 156 valence electrons. The lowest BCUT2D eigenvalue weighted by atomic mass is 10.1. The third-order valence-electron chi connectivity index (χ3n) is 4.74. The van der Waals surface area contributed by atoms with Crippen LogP contribution in [0, 0.1) is 11.6 Å². The molecule has 0 saturated carbocycles. The molecule has 2 heterocycles. The Morgan fingerprint density at radius 2 is 1.90 bits per heavy atom. The second kappa shape index (κ2) is 8.33. The summed E-state index contributed by atoms with van der Waals surface area (Å²) in [7, 11) is 1.50. The monoisotopic (exact) mass is 432 g/mol. The number of hydrogen-bond donors (Lipinski definition) is 2. The Labute approximate surface area is 174 Å². The summed E-state index contributed by atoms with van der Waals surface area (Å²) in [5, 5.41) is 5.70. The molecule has 2 aromatic carbocycles. The molecule has 0 unspecified atom stereocenters. The third-order valence-corrected chi connectivity index (χ3v) is 5.68. The topological polar surface area (TPSA) is 83.6 Å². The number of amides is 2. The van der Waals surface area contributed by atoms with Crippen molar-refractivity contribution in [1.29, 1.82) is 0 Å². The van der Waals surface area contributed by atoms with E-state index in [4.69, 9.17) is 4.74 Å². The van der Waals surface area contributed by atoms with Crippen molar-refractivity contribution in [3.63, 3.8) is 0 Å². The van der Waals surface area contributed by atoms with Crippen molar-refractivity contribution in [3.8, 4) is 5.75 Å². The number of methoxy groups -OCH3 is 1. The van der Waals surface area contributed by atoms with Crippen molar-refractivity contribution in [2.24, 2.45) is 0 Å². The fourth-order valence-electron chi connectivity index (χ4n) is 3.27. The second-order valence-corrected chi connectivity index (χ2v) is 7.67. The number of para-hydroxylation sites is 1. The number of piperazine rings is 1. The van der Waals surface area contributed by atoms with Crippen LogP contribution in [0.25, 0.3) is 10.2 Å². The smallest absolute Gasteiger partial charge is 0.263 e. The first-order chi connectivity index (χ1) is 14.5. The first-order valence-corrected chi connectivity index (χ1v) is 10.0. The standard InChI is InChI=1S/C20H18F2N4O3S/c1-29-14-3-2-4-15-17(14)24-20(30-15)25-18(27)16-12(21)9-11(10-13(16)22)19(28)26-7-5-23-6-8-26/h2-4,9-10,23H,5-8H2,1H3,(H,24,25,27). The van der Waals surface area contributed by atoms with E-state index in [1.807, 2.05) is 0 Å². The number of anilines is 1. The van der Waals surface area contributed by atoms with Gasteiger partial charge in [-0.05, 0) is 24.3 Å². The first kappa shape index (κ1) is 20.2. The van der Waals surface area contributed by atoms with Crippen LogP contribution in [0.1, 0.15) is 20.7 Å². The quantitative estimate of drug-likeness (QED) is 0.663. The van der Waals surface area contributed by atoms with Gasteiger partial charge in [-0.3, -0.25) is 14.9 Å². The molecular formula is C20H18F2N4O3S. The molecular weight excluding hydrogens is 414 g/mol. The Morgan fingerprint density at radius 1 is 1.20 bits per heavy atom. The van der Waals surface area contributed by atoms with Gasteiger partial charge in [-0.2, -0.15) is 0 Å². The van der Waals surface area contributed by atoms with Crippen molar-refractivity contribution >= 4 is 38.5 Å². The summed E-state index contributed by atoms with van der Waals surface area (Å²) in [6.45, 7) is 2.13. The van der Waals surface area contributed by atoms with Crippen LogP contribution in [-0.4, -0.2) is 55.0 Å². The Hall–Kier alpha value is -3.11. The molecule has 1 aliphatic heterocycles. The molecule has 0 radical (unpaired) electrons. The Bertz CT molecular complexity index is 1110. The van der Waals surface area contributed by atoms with Crippen LogP contribution in [0.15, 0.2) is 30.3 Å². The fraction of sp³-hybridized carbons (Fsp3) is 0.250. The molecule has 10 heteroatoms. The van der Waals surface area contributed by atoms with E-state index in [1.165, 1.54) is 12.0 Å². The van der Waals surface area contributed by atoms with Crippen molar-refractivity contribution in [2.45, 2.75) is 0 Å². The van der Waals surface area contributed by atoms with Crippen LogP contribution in [0.2, 0.25) is 0 Å². The van der Waals surface area contributed by atoms with Crippen LogP contribution < -0.4 is 15.4 Å². The molecule has 0 atom stereocenters. The summed E-state index contributed by atoms with van der Waals surface area (Å²) in [6.07, 6.45) is 0. The molecule has 1 aliphatic rings. The van der Waals surface area contributed by atoms with Gasteiger partial charge in [0.2, 0.25) is 0 Å². The van der Waals surface area contributed by atoms with E-state index in [9.17, 15) is 18.4 Å². The number of ether oxygens (including phenoxy) is 1. The van der Waals surface area contributed by atoms with Crippen LogP contribution >= 0.6 is 11.3 Å². The maximum atomic E-state index is 14.6. The lowest BCUT2D eigenvalue weighted by molar-refractivity contribution is 0.0734. The molecule has 1 aromatic heterocycles. The number of nitrogens with zero attached hydrogens (tertiary/aromatic N) is 2. The van der Waals surface area contributed by atoms with E-state index in [1.54, 1.807) is 18.2 Å². The fourth-order valence-corrected chi connectivity index (χ4v) is 4.14. The number of fused-ring (bicyclic) bond motifs is 1. The van der Waals surface area contributed by atoms with E-state index in [0.29, 0.717) is 37.4 Å². The van der Waals surface area contributed by atoms with Gasteiger partial charge in [0.1, 0.15) is 28.5 Å². The molecule has 7 nitrogen and oxygen atoms in total. The minimum atomic E-state index is -1.11. The molecule has 1 fully saturated rings. The van der Waals surface area contributed by atoms with Gasteiger partial charge < -0.3 is 15.0 Å². The van der Waals surface area contributed by atoms with Crippen LogP contribution in [0.5, 0.6) is 5.75 Å². The first-order valence-electron chi connectivity index (χ1n) is 9.22. The number of thiazole rings is 1. The highest BCUT2D eigenvalue weighted by atomic mass is 32.1. The number of hydrogen-bond acceptors (Lipinski definition) is 6. The summed E-state index contributed by atoms with van der Waals surface area (Å²) in [5.74, 6) is -3.14. The number of benzene rings is 2. The predicted octanol–water partition coefficient (Wildman–Crippen LogP) is 2.88. The van der Waals surface area contributed by atoms with E-state index in [0.717, 1.165) is 28.2 Å². The molecule has 0 spiro atoms. The molecule has 1 saturated heterocycles. The molecule has 2 amide bonds. The van der Waals surface area contributed by atoms with Crippen molar-refractivity contribution in [3.05, 3.63) is 53.1 Å². The lowest BCUT2D eigenvalue weighted by Gasteiger charge is -2.27. The van der Waals surface area contributed by atoms with Gasteiger partial charge in [0, 0.05) is 31.7 Å². The normalized spacial score (nSPS) is 14.0. The summed E-state index contributed by atoms with van der Waals surface area (Å²) < 4.78 is 35.2. The van der Waals surface area contributed by atoms with E-state index in [-0.39, 0.29) is 10.7 Å². The van der Waals surface area contributed by atoms with E-state index >= 15 is 0 Å². The predicted molar refractivity (Wildman–Crippen MR) is 109 cm³/mol. The summed E-state index contributed by atoms with van der Waals surface area (Å²) in [6, 6.07) is 7.08. The molecule has 3 aromatic rings. The van der Waals surface area contributed by atoms with Crippen molar-refractivity contribution in [2.75, 3.05) is 38.6 Å². The SMILES string of the molecule is COc1cccc2sc(NC(=O)c3c(F)cc(C(=O)N4CCNCC4)cc3F)nc12. The summed E-state index contributed by atoms with van der Waals surface area (Å²) in [4.78, 5) is 30.8. The van der Waals surface area contributed by atoms with Gasteiger partial charge in [-0.1, -0.05) is 17.4 Å². The number of aromatic nitrogens is 1. The minimum Gasteiger partial charge on any atom is -0.494 e. The zero-order valence-electron chi connectivity index (χ0n) is 16.0. The highest BCUT2D eigenvalue weighted by Gasteiger charge is 2.25. The summed E-state index contributed by atoms with van der Waals surface area (Å²) in [5.41, 5.74) is -0.357. The average Bonchev–Trinajstić information content (AvgIpc) is 3.15. The third kappa shape index (κ3) is 3.83. The molecule has 0 bridgehead atoms. The van der Waals surface area contributed by atoms with Gasteiger partial charge in [-0.15, -0.1) is 0 Å². The van der Waals surface area contributed by atoms with E-state index < -0.39 is 29.0 Å². The van der Waals surface area contributed by atoms with Gasteiger partial charge in [0.25, 0.3) is 11.8 Å². The van der Waals surface area contributed by atoms with Gasteiger partial charge in [0.05, 0.1) is 11.8 Å². The maximum absolute atomic E-state index is 14.6. The van der Waals surface area contributed by atoms with Gasteiger partial charge >= 0.3 is 0 Å². The lowest BCUT2D eigenvalue weighted by Crippen LogP contribution is -2.46. The second-order valence-electron chi connectivity index (χ2n) is 6.64. The number of carbonyl (C=O) groups is 2. The highest BCUT2D eigenvalue weighted by Crippen LogP contribution is 2.32. The van der Waals surface area contributed by atoms with Gasteiger partial charge in [-0.25, -0.2) is 13.8 Å². The number of rotatable bonds is 4. The van der Waals surface area contributed by atoms with Gasteiger partial charge in [0.15, 0.2) is 5.13 Å². The van der Waals surface area contributed by atoms with Crippen molar-refractivity contribution in [1.82, 2.24) is 15.2 Å². The number of halogens is 2. The zero-order chi connectivity index (χ0) is 21.3. The number of nitrogens with one attached hydrogen (secondary N) is 2. The zero-order valence-corrected chi connectivity index (χ0v) is 16.8. The van der Waals surface area contributed by atoms with Crippen LogP contribution in [-0.2, 0) is 0 Å². The summed E-state index contributed by atoms with van der Waals surface area (Å²) >= 11 is 1.15. The Balaban J connectivity index is 1.57. The number of carbonyl (C=O) groups excluding carboxylic acids is 2. The van der Waals surface area contributed by atoms with E-state index in [2.05, 4.69) is 15.6 Å². The molecule has 30 heavy (non-hydrogen) atoms. The molecule has 0 aliphatic carbocycles. The Kier molecular flexibility index (Phi) is 5.60.